The summed E-state index contributed by atoms with van der Waals surface area (Å²) < 4.78 is 0. The number of hydrogen-bond donors (Lipinski definition) is 2. The second-order valence-electron chi connectivity index (χ2n) is 9.57. The topological polar surface area (TPSA) is 119 Å². The maximum absolute atomic E-state index is 13.3. The van der Waals surface area contributed by atoms with Gasteiger partial charge >= 0.3 is 0 Å². The molecule has 10 nitrogen and oxygen atoms in total. The number of amidine groups is 1. The summed E-state index contributed by atoms with van der Waals surface area (Å²) in [6.45, 7) is 1.60. The van der Waals surface area contributed by atoms with Crippen molar-refractivity contribution in [1.29, 1.82) is 0 Å². The standard InChI is InChI=1S/C31H28N8O2/c1-32-28(33-21-9-3-2-4-10-21)24-13-7-15-26(34-24)30(40)38-17-19-39(20-18-38)31(41)27-16-8-14-25(35-27)29-36-22-11-5-6-12-23(22)37-29/h2-16H,17-20H2,1H3,(H,32,33)(H,36,37). The highest BCUT2D eigenvalue weighted by molar-refractivity contribution is 6.07. The first-order valence-electron chi connectivity index (χ1n) is 13.4. The Hall–Kier alpha value is -5.38. The van der Waals surface area contributed by atoms with Crippen LogP contribution >= 0.6 is 0 Å². The van der Waals surface area contributed by atoms with Gasteiger partial charge in [-0.15, -0.1) is 0 Å². The lowest BCUT2D eigenvalue weighted by atomic mass is 10.2. The summed E-state index contributed by atoms with van der Waals surface area (Å²) in [5.41, 5.74) is 4.48. The van der Waals surface area contributed by atoms with Crippen LogP contribution in [0.5, 0.6) is 0 Å². The fourth-order valence-electron chi connectivity index (χ4n) is 4.77. The number of hydrogen-bond acceptors (Lipinski definition) is 6. The van der Waals surface area contributed by atoms with Crippen molar-refractivity contribution in [2.24, 2.45) is 4.99 Å². The van der Waals surface area contributed by atoms with Crippen LogP contribution in [0.2, 0.25) is 0 Å². The van der Waals surface area contributed by atoms with Crippen LogP contribution in [0.25, 0.3) is 22.6 Å². The molecule has 0 saturated carbocycles. The van der Waals surface area contributed by atoms with Crippen LogP contribution in [0.15, 0.2) is 96.0 Å². The zero-order valence-corrected chi connectivity index (χ0v) is 22.5. The number of carbonyl (C=O) groups is 2. The molecule has 0 bridgehead atoms. The van der Waals surface area contributed by atoms with E-state index in [1.165, 1.54) is 0 Å². The maximum atomic E-state index is 13.3. The third-order valence-corrected chi connectivity index (χ3v) is 6.93. The number of nitrogens with one attached hydrogen (secondary N) is 2. The van der Waals surface area contributed by atoms with E-state index in [4.69, 9.17) is 0 Å². The molecule has 1 aliphatic heterocycles. The normalized spacial score (nSPS) is 13.8. The minimum Gasteiger partial charge on any atom is -0.339 e. The van der Waals surface area contributed by atoms with E-state index in [-0.39, 0.29) is 11.8 Å². The smallest absolute Gasteiger partial charge is 0.272 e. The first-order valence-corrected chi connectivity index (χ1v) is 13.4. The van der Waals surface area contributed by atoms with Crippen LogP contribution in [-0.4, -0.2) is 80.6 Å². The van der Waals surface area contributed by atoms with Gasteiger partial charge in [0.15, 0.2) is 11.7 Å². The third-order valence-electron chi connectivity index (χ3n) is 6.93. The number of carbonyl (C=O) groups excluding carboxylic acids is 2. The Morgan fingerprint density at radius 3 is 2.00 bits per heavy atom. The molecular formula is C31H28N8O2. The number of para-hydroxylation sites is 3. The number of fused-ring (bicyclic) bond motifs is 1. The molecule has 1 aliphatic rings. The van der Waals surface area contributed by atoms with Gasteiger partial charge in [0.2, 0.25) is 0 Å². The van der Waals surface area contributed by atoms with E-state index in [9.17, 15) is 9.59 Å². The number of imidazole rings is 1. The van der Waals surface area contributed by atoms with Crippen LogP contribution < -0.4 is 5.32 Å². The zero-order chi connectivity index (χ0) is 28.2. The lowest BCUT2D eigenvalue weighted by molar-refractivity contribution is 0.0529. The summed E-state index contributed by atoms with van der Waals surface area (Å²) in [6.07, 6.45) is 0. The Bertz CT molecular complexity index is 1710. The molecule has 6 rings (SSSR count). The van der Waals surface area contributed by atoms with Crippen LogP contribution in [-0.2, 0) is 0 Å². The fourth-order valence-corrected chi connectivity index (χ4v) is 4.77. The number of anilines is 1. The van der Waals surface area contributed by atoms with Crippen molar-refractivity contribution in [3.63, 3.8) is 0 Å². The summed E-state index contributed by atoms with van der Waals surface area (Å²) in [5, 5.41) is 3.25. The highest BCUT2D eigenvalue weighted by atomic mass is 16.2. The van der Waals surface area contributed by atoms with E-state index in [1.54, 1.807) is 35.0 Å². The molecular weight excluding hydrogens is 516 g/mol. The Balaban J connectivity index is 1.11. The van der Waals surface area contributed by atoms with Gasteiger partial charge in [-0.05, 0) is 48.5 Å². The Labute approximate surface area is 236 Å². The van der Waals surface area contributed by atoms with Gasteiger partial charge in [-0.25, -0.2) is 15.0 Å². The van der Waals surface area contributed by atoms with Gasteiger partial charge in [-0.2, -0.15) is 0 Å². The first-order chi connectivity index (χ1) is 20.1. The summed E-state index contributed by atoms with van der Waals surface area (Å²) in [5.74, 6) is 0.824. The lowest BCUT2D eigenvalue weighted by Crippen LogP contribution is -2.50. The van der Waals surface area contributed by atoms with E-state index >= 15 is 0 Å². The van der Waals surface area contributed by atoms with E-state index in [2.05, 4.69) is 30.2 Å². The minimum absolute atomic E-state index is 0.175. The molecule has 0 spiro atoms. The molecule has 41 heavy (non-hydrogen) atoms. The predicted molar refractivity (Wildman–Crippen MR) is 158 cm³/mol. The van der Waals surface area contributed by atoms with Gasteiger partial charge in [0.25, 0.3) is 11.8 Å². The van der Waals surface area contributed by atoms with Crippen molar-refractivity contribution in [2.45, 2.75) is 0 Å². The van der Waals surface area contributed by atoms with Gasteiger partial charge in [-0.1, -0.05) is 42.5 Å². The number of pyridine rings is 2. The Morgan fingerprint density at radius 1 is 0.707 bits per heavy atom. The quantitative estimate of drug-likeness (QED) is 0.254. The van der Waals surface area contributed by atoms with Crippen LogP contribution in [0.1, 0.15) is 26.7 Å². The van der Waals surface area contributed by atoms with Gasteiger partial charge in [-0.3, -0.25) is 14.6 Å². The maximum Gasteiger partial charge on any atom is 0.272 e. The number of piperazine rings is 1. The molecule has 3 aromatic heterocycles. The second-order valence-corrected chi connectivity index (χ2v) is 9.57. The first kappa shape index (κ1) is 25.9. The van der Waals surface area contributed by atoms with Crippen LogP contribution in [0.4, 0.5) is 5.69 Å². The number of aliphatic imine (C=N–C) groups is 1. The predicted octanol–water partition coefficient (Wildman–Crippen LogP) is 4.11. The third kappa shape index (κ3) is 5.53. The average molecular weight is 545 g/mol. The fraction of sp³-hybridized carbons (Fsp3) is 0.161. The monoisotopic (exact) mass is 544 g/mol. The molecule has 204 valence electrons. The molecule has 2 amide bonds. The number of amides is 2. The molecule has 2 N–H and O–H groups in total. The number of aromatic nitrogens is 4. The molecule has 1 saturated heterocycles. The highest BCUT2D eigenvalue weighted by Crippen LogP contribution is 2.20. The van der Waals surface area contributed by atoms with E-state index in [0.29, 0.717) is 60.6 Å². The largest absolute Gasteiger partial charge is 0.339 e. The van der Waals surface area contributed by atoms with Crippen molar-refractivity contribution < 1.29 is 9.59 Å². The van der Waals surface area contributed by atoms with E-state index in [0.717, 1.165) is 16.7 Å². The van der Waals surface area contributed by atoms with Gasteiger partial charge in [0.05, 0.1) is 11.0 Å². The molecule has 4 heterocycles. The molecule has 0 radical (unpaired) electrons. The highest BCUT2D eigenvalue weighted by Gasteiger charge is 2.27. The van der Waals surface area contributed by atoms with E-state index < -0.39 is 0 Å². The molecule has 0 atom stereocenters. The van der Waals surface area contributed by atoms with Crippen molar-refractivity contribution in [2.75, 3.05) is 38.5 Å². The summed E-state index contributed by atoms with van der Waals surface area (Å²) in [4.78, 5) is 51.4. The number of aromatic amines is 1. The van der Waals surface area contributed by atoms with Crippen LogP contribution in [0, 0.1) is 0 Å². The summed E-state index contributed by atoms with van der Waals surface area (Å²) in [7, 11) is 1.68. The molecule has 1 fully saturated rings. The molecule has 0 aliphatic carbocycles. The SMILES string of the molecule is CN=C(Nc1ccccc1)c1cccc(C(=O)N2CCN(C(=O)c3cccc(-c4nc5ccccc5[nH]4)n3)CC2)n1. The summed E-state index contributed by atoms with van der Waals surface area (Å²) >= 11 is 0. The molecule has 10 heteroatoms. The molecule has 0 unspecified atom stereocenters. The van der Waals surface area contributed by atoms with Crippen molar-refractivity contribution in [1.82, 2.24) is 29.7 Å². The average Bonchev–Trinajstić information content (AvgIpc) is 3.48. The number of nitrogens with zero attached hydrogens (tertiary/aromatic N) is 6. The lowest BCUT2D eigenvalue weighted by Gasteiger charge is -2.34. The van der Waals surface area contributed by atoms with Gasteiger partial charge in [0, 0.05) is 38.9 Å². The van der Waals surface area contributed by atoms with Crippen molar-refractivity contribution in [3.05, 3.63) is 108 Å². The second kappa shape index (κ2) is 11.4. The minimum atomic E-state index is -0.181. The Kier molecular flexibility index (Phi) is 7.19. The Morgan fingerprint density at radius 2 is 1.32 bits per heavy atom. The zero-order valence-electron chi connectivity index (χ0n) is 22.5. The van der Waals surface area contributed by atoms with Gasteiger partial charge in [0.1, 0.15) is 22.8 Å². The number of rotatable bonds is 5. The van der Waals surface area contributed by atoms with Crippen molar-refractivity contribution >= 4 is 34.4 Å². The molecule has 5 aromatic rings. The number of H-pyrrole nitrogens is 1. The van der Waals surface area contributed by atoms with Crippen LogP contribution in [0.3, 0.4) is 0 Å². The summed E-state index contributed by atoms with van der Waals surface area (Å²) in [6, 6.07) is 28.1. The van der Waals surface area contributed by atoms with E-state index in [1.807, 2.05) is 72.8 Å². The van der Waals surface area contributed by atoms with Gasteiger partial charge < -0.3 is 20.1 Å². The molecule has 2 aromatic carbocycles. The number of benzene rings is 2. The van der Waals surface area contributed by atoms with Crippen molar-refractivity contribution in [3.8, 4) is 11.5 Å².